The van der Waals surface area contributed by atoms with Crippen molar-refractivity contribution in [1.82, 2.24) is 0 Å². The minimum Gasteiger partial charge on any atom is -0.348 e. The van der Waals surface area contributed by atoms with Crippen LogP contribution in [0.25, 0.3) is 12.2 Å². The van der Waals surface area contributed by atoms with E-state index in [0.717, 1.165) is 22.3 Å². The molecule has 2 aliphatic rings. The van der Waals surface area contributed by atoms with Crippen molar-refractivity contribution in [2.75, 3.05) is 26.4 Å². The van der Waals surface area contributed by atoms with E-state index in [1.54, 1.807) is 0 Å². The van der Waals surface area contributed by atoms with E-state index in [4.69, 9.17) is 18.9 Å². The molecule has 2 aromatic carbocycles. The van der Waals surface area contributed by atoms with Crippen LogP contribution < -0.4 is 0 Å². The monoisotopic (exact) mass is 486 g/mol. The Morgan fingerprint density at radius 2 is 0.806 bits per heavy atom. The minimum atomic E-state index is -0.264. The molecular weight excluding hydrogens is 448 g/mol. The van der Waals surface area contributed by atoms with Gasteiger partial charge in [-0.15, -0.1) is 0 Å². The Bertz CT molecular complexity index is 978. The molecule has 2 aliphatic heterocycles. The zero-order valence-electron chi connectivity index (χ0n) is 21.9. The van der Waals surface area contributed by atoms with Gasteiger partial charge < -0.3 is 18.9 Å². The molecule has 2 saturated heterocycles. The van der Waals surface area contributed by atoms with Crippen LogP contribution in [0.1, 0.15) is 62.5 Å². The third-order valence-electron chi connectivity index (χ3n) is 6.05. The van der Waals surface area contributed by atoms with E-state index in [2.05, 4.69) is 88.4 Å². The zero-order valence-corrected chi connectivity index (χ0v) is 21.9. The predicted molar refractivity (Wildman–Crippen MR) is 146 cm³/mol. The Morgan fingerprint density at radius 1 is 0.500 bits per heavy atom. The standard InChI is InChI=1S/C32H38O4/c1-31(2)21-33-29(34-22-31)27-17-13-25(14-18-27)11-9-7-5-6-8-10-12-26-15-19-28(20-16-26)30-35-23-32(3,4)24-36-30/h5-20,29-30H,21-24H2,1-4H3/b7-5+,8-6+,11-9+,12-10+. The molecule has 0 unspecified atom stereocenters. The summed E-state index contributed by atoms with van der Waals surface area (Å²) >= 11 is 0. The fraction of sp³-hybridized carbons (Fsp3) is 0.375. The summed E-state index contributed by atoms with van der Waals surface area (Å²) in [6, 6.07) is 16.6. The Kier molecular flexibility index (Phi) is 8.76. The lowest BCUT2D eigenvalue weighted by Crippen LogP contribution is -2.33. The van der Waals surface area contributed by atoms with Crippen molar-refractivity contribution in [2.45, 2.75) is 40.3 Å². The van der Waals surface area contributed by atoms with E-state index in [-0.39, 0.29) is 23.4 Å². The topological polar surface area (TPSA) is 36.9 Å². The van der Waals surface area contributed by atoms with Gasteiger partial charge in [-0.05, 0) is 11.1 Å². The van der Waals surface area contributed by atoms with Crippen LogP contribution in [0, 0.1) is 10.8 Å². The van der Waals surface area contributed by atoms with Crippen LogP contribution in [0.5, 0.6) is 0 Å². The maximum Gasteiger partial charge on any atom is 0.183 e. The summed E-state index contributed by atoms with van der Waals surface area (Å²) in [6.45, 7) is 11.5. The van der Waals surface area contributed by atoms with Gasteiger partial charge in [0.25, 0.3) is 0 Å². The molecule has 0 radical (unpaired) electrons. The van der Waals surface area contributed by atoms with Crippen LogP contribution in [0.4, 0.5) is 0 Å². The lowest BCUT2D eigenvalue weighted by molar-refractivity contribution is -0.226. The minimum absolute atomic E-state index is 0.0825. The molecule has 0 aliphatic carbocycles. The average Bonchev–Trinajstić information content (AvgIpc) is 2.87. The highest BCUT2D eigenvalue weighted by Crippen LogP contribution is 2.32. The average molecular weight is 487 g/mol. The summed E-state index contributed by atoms with van der Waals surface area (Å²) in [5, 5.41) is 0. The highest BCUT2D eigenvalue weighted by atomic mass is 16.7. The van der Waals surface area contributed by atoms with Crippen LogP contribution in [0.15, 0.2) is 85.0 Å². The number of rotatable bonds is 7. The molecule has 36 heavy (non-hydrogen) atoms. The van der Waals surface area contributed by atoms with E-state index >= 15 is 0 Å². The second kappa shape index (κ2) is 12.0. The van der Waals surface area contributed by atoms with Gasteiger partial charge in [-0.3, -0.25) is 0 Å². The lowest BCUT2D eigenvalue weighted by Gasteiger charge is -2.34. The molecule has 190 valence electrons. The van der Waals surface area contributed by atoms with E-state index in [9.17, 15) is 0 Å². The van der Waals surface area contributed by atoms with Crippen LogP contribution >= 0.6 is 0 Å². The van der Waals surface area contributed by atoms with Crippen molar-refractivity contribution in [3.05, 3.63) is 107 Å². The SMILES string of the molecule is CC1(C)COC(c2ccc(/C=C/C=C/C=C/C=C/c3ccc(C4OCC(C)(C)CO4)cc3)cc2)OC1. The van der Waals surface area contributed by atoms with E-state index in [1.807, 2.05) is 36.5 Å². The Morgan fingerprint density at radius 3 is 1.14 bits per heavy atom. The number of ether oxygens (including phenoxy) is 4. The summed E-state index contributed by atoms with van der Waals surface area (Å²) < 4.78 is 23.4. The van der Waals surface area contributed by atoms with Gasteiger partial charge >= 0.3 is 0 Å². The molecule has 4 heteroatoms. The number of allylic oxidation sites excluding steroid dienone is 6. The first-order valence-electron chi connectivity index (χ1n) is 12.6. The second-order valence-electron chi connectivity index (χ2n) is 11.1. The van der Waals surface area contributed by atoms with Crippen molar-refractivity contribution in [2.24, 2.45) is 10.8 Å². The quantitative estimate of drug-likeness (QED) is 0.376. The normalized spacial score (nSPS) is 21.3. The highest BCUT2D eigenvalue weighted by Gasteiger charge is 2.30. The molecule has 0 bridgehead atoms. The van der Waals surface area contributed by atoms with Crippen molar-refractivity contribution < 1.29 is 18.9 Å². The van der Waals surface area contributed by atoms with E-state index in [0.29, 0.717) is 26.4 Å². The van der Waals surface area contributed by atoms with Crippen molar-refractivity contribution in [1.29, 1.82) is 0 Å². The maximum absolute atomic E-state index is 5.85. The first kappa shape index (κ1) is 26.3. The Hall–Kier alpha value is -2.76. The van der Waals surface area contributed by atoms with Gasteiger partial charge in [0.15, 0.2) is 12.6 Å². The van der Waals surface area contributed by atoms with Crippen molar-refractivity contribution >= 4 is 12.2 Å². The first-order chi connectivity index (χ1) is 17.3. The van der Waals surface area contributed by atoms with Crippen LogP contribution in [-0.2, 0) is 18.9 Å². The predicted octanol–water partition coefficient (Wildman–Crippen LogP) is 7.67. The molecule has 2 aromatic rings. The molecule has 4 nitrogen and oxygen atoms in total. The van der Waals surface area contributed by atoms with E-state index in [1.165, 1.54) is 0 Å². The summed E-state index contributed by atoms with van der Waals surface area (Å²) in [6.07, 6.45) is 15.8. The van der Waals surface area contributed by atoms with Gasteiger partial charge in [0.05, 0.1) is 26.4 Å². The molecule has 2 fully saturated rings. The molecule has 0 amide bonds. The molecule has 0 spiro atoms. The van der Waals surface area contributed by atoms with Gasteiger partial charge in [0.1, 0.15) is 0 Å². The Balaban J connectivity index is 1.19. The van der Waals surface area contributed by atoms with Gasteiger partial charge in [-0.1, -0.05) is 125 Å². The van der Waals surface area contributed by atoms with Crippen LogP contribution in [-0.4, -0.2) is 26.4 Å². The van der Waals surface area contributed by atoms with Crippen molar-refractivity contribution in [3.8, 4) is 0 Å². The number of benzene rings is 2. The lowest BCUT2D eigenvalue weighted by atomic mass is 9.95. The third-order valence-corrected chi connectivity index (χ3v) is 6.05. The van der Waals surface area contributed by atoms with Gasteiger partial charge in [0.2, 0.25) is 0 Å². The Labute approximate surface area is 215 Å². The maximum atomic E-state index is 5.85. The number of hydrogen-bond acceptors (Lipinski definition) is 4. The van der Waals surface area contributed by atoms with E-state index < -0.39 is 0 Å². The van der Waals surface area contributed by atoms with Gasteiger partial charge in [-0.25, -0.2) is 0 Å². The fourth-order valence-corrected chi connectivity index (χ4v) is 3.89. The smallest absolute Gasteiger partial charge is 0.183 e. The fourth-order valence-electron chi connectivity index (χ4n) is 3.89. The van der Waals surface area contributed by atoms with Crippen LogP contribution in [0.3, 0.4) is 0 Å². The molecule has 0 aromatic heterocycles. The van der Waals surface area contributed by atoms with Crippen molar-refractivity contribution in [3.63, 3.8) is 0 Å². The number of hydrogen-bond donors (Lipinski definition) is 0. The zero-order chi connectivity index (χ0) is 25.4. The summed E-state index contributed by atoms with van der Waals surface area (Å²) in [5.74, 6) is 0. The third kappa shape index (κ3) is 7.87. The molecular formula is C32H38O4. The summed E-state index contributed by atoms with van der Waals surface area (Å²) in [4.78, 5) is 0. The molecule has 0 N–H and O–H groups in total. The molecule has 4 rings (SSSR count). The first-order valence-corrected chi connectivity index (χ1v) is 12.6. The molecule has 0 atom stereocenters. The summed E-state index contributed by atoms with van der Waals surface area (Å²) in [5.41, 5.74) is 4.56. The summed E-state index contributed by atoms with van der Waals surface area (Å²) in [7, 11) is 0. The van der Waals surface area contributed by atoms with Gasteiger partial charge in [-0.2, -0.15) is 0 Å². The molecule has 2 heterocycles. The molecule has 0 saturated carbocycles. The second-order valence-corrected chi connectivity index (χ2v) is 11.1. The highest BCUT2D eigenvalue weighted by molar-refractivity contribution is 5.53. The largest absolute Gasteiger partial charge is 0.348 e. The van der Waals surface area contributed by atoms with Crippen LogP contribution in [0.2, 0.25) is 0 Å². The van der Waals surface area contributed by atoms with Gasteiger partial charge in [0, 0.05) is 22.0 Å².